The van der Waals surface area contributed by atoms with Crippen LogP contribution in [-0.4, -0.2) is 66.2 Å². The molecule has 0 aromatic carbocycles. The van der Waals surface area contributed by atoms with Crippen molar-refractivity contribution in [1.82, 2.24) is 9.80 Å². The third kappa shape index (κ3) is 2.84. The Morgan fingerprint density at radius 3 is 2.61 bits per heavy atom. The van der Waals surface area contributed by atoms with Gasteiger partial charge in [-0.2, -0.15) is 0 Å². The van der Waals surface area contributed by atoms with Crippen LogP contribution in [0, 0.1) is 5.92 Å². The number of carbonyl (C=O) groups is 1. The van der Waals surface area contributed by atoms with Gasteiger partial charge in [0.1, 0.15) is 5.54 Å². The van der Waals surface area contributed by atoms with Gasteiger partial charge in [-0.15, -0.1) is 0 Å². The average molecular weight is 255 g/mol. The first kappa shape index (κ1) is 13.8. The van der Waals surface area contributed by atoms with E-state index in [9.17, 15) is 9.90 Å². The highest BCUT2D eigenvalue weighted by Crippen LogP contribution is 2.39. The Hall–Kier alpha value is -0.650. The molecular formula is C13H25N3O2. The number of likely N-dealkylation sites (tertiary alicyclic amines) is 1. The molecule has 0 amide bonds. The summed E-state index contributed by atoms with van der Waals surface area (Å²) in [5, 5.41) is 9.39. The van der Waals surface area contributed by atoms with Crippen molar-refractivity contribution in [3.63, 3.8) is 0 Å². The lowest BCUT2D eigenvalue weighted by atomic mass is 9.92. The van der Waals surface area contributed by atoms with Gasteiger partial charge in [0, 0.05) is 19.1 Å². The fourth-order valence-electron chi connectivity index (χ4n) is 2.94. The molecule has 2 atom stereocenters. The van der Waals surface area contributed by atoms with E-state index < -0.39 is 11.5 Å². The van der Waals surface area contributed by atoms with E-state index >= 15 is 0 Å². The Labute approximate surface area is 109 Å². The number of likely N-dealkylation sites (N-methyl/N-ethyl adjacent to an activating group) is 1. The number of aliphatic carboxylic acids is 1. The molecule has 1 aliphatic carbocycles. The number of piperidine rings is 1. The summed E-state index contributed by atoms with van der Waals surface area (Å²) < 4.78 is 0. The molecule has 3 N–H and O–H groups in total. The SMILES string of the molecule is CN(C)C1CCCN(CC(N)(C(=O)O)C2CC2)C1. The van der Waals surface area contributed by atoms with Gasteiger partial charge in [-0.1, -0.05) is 0 Å². The minimum Gasteiger partial charge on any atom is -0.480 e. The van der Waals surface area contributed by atoms with Crippen LogP contribution in [-0.2, 0) is 4.79 Å². The van der Waals surface area contributed by atoms with Gasteiger partial charge < -0.3 is 15.7 Å². The topological polar surface area (TPSA) is 69.8 Å². The van der Waals surface area contributed by atoms with Gasteiger partial charge in [-0.3, -0.25) is 9.69 Å². The number of nitrogens with two attached hydrogens (primary N) is 1. The summed E-state index contributed by atoms with van der Waals surface area (Å²) >= 11 is 0. The molecule has 104 valence electrons. The Morgan fingerprint density at radius 2 is 2.11 bits per heavy atom. The molecule has 2 unspecified atom stereocenters. The highest BCUT2D eigenvalue weighted by Gasteiger charge is 2.49. The predicted molar refractivity (Wildman–Crippen MR) is 70.4 cm³/mol. The molecule has 2 rings (SSSR count). The second-order valence-corrected chi connectivity index (χ2v) is 6.11. The van der Waals surface area contributed by atoms with Crippen LogP contribution in [0.4, 0.5) is 0 Å². The lowest BCUT2D eigenvalue weighted by Crippen LogP contribution is -2.60. The molecule has 1 saturated carbocycles. The van der Waals surface area contributed by atoms with Crippen molar-refractivity contribution < 1.29 is 9.90 Å². The van der Waals surface area contributed by atoms with Gasteiger partial charge in [0.25, 0.3) is 0 Å². The van der Waals surface area contributed by atoms with Crippen molar-refractivity contribution in [2.75, 3.05) is 33.7 Å². The van der Waals surface area contributed by atoms with Gasteiger partial charge >= 0.3 is 5.97 Å². The van der Waals surface area contributed by atoms with E-state index in [4.69, 9.17) is 5.73 Å². The second kappa shape index (κ2) is 5.15. The summed E-state index contributed by atoms with van der Waals surface area (Å²) in [5.74, 6) is -0.660. The van der Waals surface area contributed by atoms with Crippen LogP contribution in [0.1, 0.15) is 25.7 Å². The molecule has 5 heteroatoms. The predicted octanol–water partition coefficient (Wildman–Crippen LogP) is 0.205. The number of hydrogen-bond acceptors (Lipinski definition) is 4. The third-order valence-corrected chi connectivity index (χ3v) is 4.40. The van der Waals surface area contributed by atoms with Crippen LogP contribution in [0.15, 0.2) is 0 Å². The van der Waals surface area contributed by atoms with E-state index in [2.05, 4.69) is 23.9 Å². The minimum absolute atomic E-state index is 0.176. The first-order chi connectivity index (χ1) is 8.43. The minimum atomic E-state index is -1.03. The van der Waals surface area contributed by atoms with Crippen molar-refractivity contribution in [2.45, 2.75) is 37.3 Å². The van der Waals surface area contributed by atoms with Gasteiger partial charge in [-0.25, -0.2) is 0 Å². The number of carboxylic acids is 1. The largest absolute Gasteiger partial charge is 0.480 e. The van der Waals surface area contributed by atoms with Gasteiger partial charge in [0.05, 0.1) is 0 Å². The molecule has 2 aliphatic rings. The summed E-state index contributed by atoms with van der Waals surface area (Å²) in [7, 11) is 4.17. The van der Waals surface area contributed by atoms with Gasteiger partial charge in [-0.05, 0) is 52.2 Å². The van der Waals surface area contributed by atoms with Crippen LogP contribution in [0.5, 0.6) is 0 Å². The monoisotopic (exact) mass is 255 g/mol. The zero-order valence-corrected chi connectivity index (χ0v) is 11.4. The Balaban J connectivity index is 1.97. The molecule has 1 aliphatic heterocycles. The standard InChI is InChI=1S/C13H25N3O2/c1-15(2)11-4-3-7-16(8-11)9-13(14,12(17)18)10-5-6-10/h10-11H,3-9,14H2,1-2H3,(H,17,18). The van der Waals surface area contributed by atoms with E-state index in [1.54, 1.807) is 0 Å². The lowest BCUT2D eigenvalue weighted by molar-refractivity contribution is -0.145. The Kier molecular flexibility index (Phi) is 3.94. The molecular weight excluding hydrogens is 230 g/mol. The summed E-state index contributed by atoms with van der Waals surface area (Å²) in [6.45, 7) is 2.41. The number of hydrogen-bond donors (Lipinski definition) is 2. The van der Waals surface area contributed by atoms with Crippen LogP contribution in [0.3, 0.4) is 0 Å². The summed E-state index contributed by atoms with van der Waals surface area (Å²) in [6, 6.07) is 0.524. The molecule has 0 aromatic heterocycles. The average Bonchev–Trinajstić information content (AvgIpc) is 3.13. The van der Waals surface area contributed by atoms with E-state index in [0.29, 0.717) is 12.6 Å². The summed E-state index contributed by atoms with van der Waals surface area (Å²) in [6.07, 6.45) is 4.25. The molecule has 0 radical (unpaired) electrons. The van der Waals surface area contributed by atoms with E-state index in [1.807, 2.05) is 0 Å². The molecule has 5 nitrogen and oxygen atoms in total. The van der Waals surface area contributed by atoms with Gasteiger partial charge in [0.15, 0.2) is 0 Å². The van der Waals surface area contributed by atoms with Crippen molar-refractivity contribution >= 4 is 5.97 Å². The molecule has 0 spiro atoms. The van der Waals surface area contributed by atoms with Crippen LogP contribution < -0.4 is 5.73 Å². The number of nitrogens with zero attached hydrogens (tertiary/aromatic N) is 2. The third-order valence-electron chi connectivity index (χ3n) is 4.40. The van der Waals surface area contributed by atoms with E-state index in [0.717, 1.165) is 32.4 Å². The number of rotatable bonds is 5. The van der Waals surface area contributed by atoms with Crippen molar-refractivity contribution in [1.29, 1.82) is 0 Å². The maximum atomic E-state index is 11.4. The lowest BCUT2D eigenvalue weighted by Gasteiger charge is -2.39. The normalized spacial score (nSPS) is 29.2. The van der Waals surface area contributed by atoms with Crippen LogP contribution >= 0.6 is 0 Å². The summed E-state index contributed by atoms with van der Waals surface area (Å²) in [4.78, 5) is 15.9. The maximum Gasteiger partial charge on any atom is 0.325 e. The highest BCUT2D eigenvalue weighted by molar-refractivity contribution is 5.79. The second-order valence-electron chi connectivity index (χ2n) is 6.11. The van der Waals surface area contributed by atoms with E-state index in [-0.39, 0.29) is 5.92 Å². The van der Waals surface area contributed by atoms with Crippen LogP contribution in [0.25, 0.3) is 0 Å². The molecule has 1 saturated heterocycles. The van der Waals surface area contributed by atoms with Crippen molar-refractivity contribution in [3.05, 3.63) is 0 Å². The molecule has 0 aromatic rings. The quantitative estimate of drug-likeness (QED) is 0.734. The molecule has 1 heterocycles. The smallest absolute Gasteiger partial charge is 0.325 e. The van der Waals surface area contributed by atoms with E-state index in [1.165, 1.54) is 6.42 Å². The molecule has 0 bridgehead atoms. The molecule has 18 heavy (non-hydrogen) atoms. The van der Waals surface area contributed by atoms with Crippen molar-refractivity contribution in [3.8, 4) is 0 Å². The fourth-order valence-corrected chi connectivity index (χ4v) is 2.94. The number of carboxylic acid groups (broad SMARTS) is 1. The zero-order chi connectivity index (χ0) is 13.3. The maximum absolute atomic E-state index is 11.4. The van der Waals surface area contributed by atoms with Crippen LogP contribution in [0.2, 0.25) is 0 Å². The first-order valence-electron chi connectivity index (χ1n) is 6.84. The molecule has 2 fully saturated rings. The first-order valence-corrected chi connectivity index (χ1v) is 6.84. The summed E-state index contributed by atoms with van der Waals surface area (Å²) in [5.41, 5.74) is 5.11. The van der Waals surface area contributed by atoms with Crippen molar-refractivity contribution in [2.24, 2.45) is 11.7 Å². The Bertz CT molecular complexity index is 317. The highest BCUT2D eigenvalue weighted by atomic mass is 16.4. The fraction of sp³-hybridized carbons (Fsp3) is 0.923. The zero-order valence-electron chi connectivity index (χ0n) is 11.4. The Morgan fingerprint density at radius 1 is 1.44 bits per heavy atom. The van der Waals surface area contributed by atoms with Gasteiger partial charge in [0.2, 0.25) is 0 Å².